The molecule has 0 saturated heterocycles. The van der Waals surface area contributed by atoms with Crippen LogP contribution in [0, 0.1) is 20.8 Å². The van der Waals surface area contributed by atoms with Crippen molar-refractivity contribution < 1.29 is 19.1 Å². The summed E-state index contributed by atoms with van der Waals surface area (Å²) in [6.07, 6.45) is 0. The number of hydrogen-bond donors (Lipinski definition) is 0. The molecule has 0 saturated carbocycles. The molecule has 0 aliphatic heterocycles. The summed E-state index contributed by atoms with van der Waals surface area (Å²) in [6.45, 7) is 6.18. The number of ketones is 1. The number of Topliss-reactive ketones (excluding diaryl/α,β-unsaturated/α-hetero) is 1. The molecule has 0 spiro atoms. The fourth-order valence-corrected chi connectivity index (χ4v) is 3.34. The Kier molecular flexibility index (Phi) is 6.33. The van der Waals surface area contributed by atoms with Crippen LogP contribution in [0.25, 0.3) is 0 Å². The van der Waals surface area contributed by atoms with Gasteiger partial charge in [0.05, 0.1) is 6.61 Å². The number of carbonyl (C=O) groups excluding carboxylic acids is 2. The number of hydrogen-bond acceptors (Lipinski definition) is 6. The number of nitrogens with zero attached hydrogens (tertiary/aromatic N) is 2. The average molecular weight is 366 g/mol. The first-order valence-electron chi connectivity index (χ1n) is 7.84. The van der Waals surface area contributed by atoms with Crippen LogP contribution in [0.4, 0.5) is 0 Å². The van der Waals surface area contributed by atoms with Crippen molar-refractivity contribution in [1.82, 2.24) is 9.13 Å². The van der Waals surface area contributed by atoms with E-state index in [9.17, 15) is 14.4 Å². The summed E-state index contributed by atoms with van der Waals surface area (Å²) in [5, 5.41) is 1.68. The molecule has 0 atom stereocenters. The van der Waals surface area contributed by atoms with Crippen molar-refractivity contribution in [3.63, 3.8) is 0 Å². The maximum atomic E-state index is 12.4. The van der Waals surface area contributed by atoms with Gasteiger partial charge < -0.3 is 14.0 Å². The molecule has 136 valence electrons. The zero-order valence-electron chi connectivity index (χ0n) is 14.8. The Balaban J connectivity index is 1.98. The van der Waals surface area contributed by atoms with Crippen molar-refractivity contribution in [2.45, 2.75) is 33.9 Å². The highest BCUT2D eigenvalue weighted by Gasteiger charge is 2.18. The molecule has 7 nitrogen and oxygen atoms in total. The van der Waals surface area contributed by atoms with E-state index in [1.807, 2.05) is 18.4 Å². The zero-order chi connectivity index (χ0) is 18.6. The lowest BCUT2D eigenvalue weighted by molar-refractivity contribution is -0.143. The average Bonchev–Trinajstić information content (AvgIpc) is 3.04. The Bertz CT molecular complexity index is 831. The first-order chi connectivity index (χ1) is 11.8. The van der Waals surface area contributed by atoms with Gasteiger partial charge in [0.1, 0.15) is 6.54 Å². The minimum absolute atomic E-state index is 0.186. The molecule has 25 heavy (non-hydrogen) atoms. The van der Waals surface area contributed by atoms with E-state index >= 15 is 0 Å². The number of thiazole rings is 1. The second-order valence-electron chi connectivity index (χ2n) is 5.74. The molecule has 2 heterocycles. The number of ether oxygens (including phenoxy) is 2. The molecule has 0 aliphatic rings. The molecule has 0 amide bonds. The Morgan fingerprint density at radius 2 is 1.88 bits per heavy atom. The summed E-state index contributed by atoms with van der Waals surface area (Å²) in [7, 11) is 1.63. The number of aromatic nitrogens is 2. The van der Waals surface area contributed by atoms with Gasteiger partial charge in [-0.15, -0.1) is 0 Å². The Labute approximate surface area is 149 Å². The molecule has 0 fully saturated rings. The summed E-state index contributed by atoms with van der Waals surface area (Å²) in [5.41, 5.74) is 3.00. The number of aryl methyl sites for hydroxylation is 2. The Morgan fingerprint density at radius 1 is 1.16 bits per heavy atom. The van der Waals surface area contributed by atoms with Crippen LogP contribution in [0.5, 0.6) is 0 Å². The topological polar surface area (TPSA) is 79.5 Å². The standard InChI is InChI=1S/C17H22N2O5S/c1-11-7-14(13(3)18(11)5-6-23-4)15(20)9-24-16(21)8-19-12(2)10-25-17(19)22/h7,10H,5-6,8-9H2,1-4H3. The summed E-state index contributed by atoms with van der Waals surface area (Å²) >= 11 is 1.03. The molecule has 2 aromatic heterocycles. The van der Waals surface area contributed by atoms with Gasteiger partial charge in [-0.05, 0) is 26.8 Å². The molecular weight excluding hydrogens is 344 g/mol. The van der Waals surface area contributed by atoms with E-state index in [4.69, 9.17) is 9.47 Å². The zero-order valence-corrected chi connectivity index (χ0v) is 15.6. The summed E-state index contributed by atoms with van der Waals surface area (Å²) in [4.78, 5) is 35.6. The number of esters is 1. The van der Waals surface area contributed by atoms with Gasteiger partial charge in [0.2, 0.25) is 5.78 Å². The first-order valence-corrected chi connectivity index (χ1v) is 8.72. The maximum Gasteiger partial charge on any atom is 0.326 e. The van der Waals surface area contributed by atoms with Crippen LogP contribution < -0.4 is 4.87 Å². The normalized spacial score (nSPS) is 10.9. The van der Waals surface area contributed by atoms with Crippen molar-refractivity contribution in [2.24, 2.45) is 0 Å². The SMILES string of the molecule is COCCn1c(C)cc(C(=O)COC(=O)Cn2c(C)csc2=O)c1C. The lowest BCUT2D eigenvalue weighted by Gasteiger charge is -2.09. The molecule has 0 aromatic carbocycles. The van der Waals surface area contributed by atoms with Gasteiger partial charge >= 0.3 is 10.8 Å². The van der Waals surface area contributed by atoms with E-state index in [2.05, 4.69) is 0 Å². The van der Waals surface area contributed by atoms with E-state index < -0.39 is 5.97 Å². The summed E-state index contributed by atoms with van der Waals surface area (Å²) in [5.74, 6) is -0.871. The Hall–Kier alpha value is -2.19. The van der Waals surface area contributed by atoms with E-state index in [0.29, 0.717) is 24.4 Å². The van der Waals surface area contributed by atoms with Crippen LogP contribution in [0.1, 0.15) is 27.4 Å². The van der Waals surface area contributed by atoms with Crippen molar-refractivity contribution in [3.05, 3.63) is 43.8 Å². The van der Waals surface area contributed by atoms with E-state index in [-0.39, 0.29) is 23.8 Å². The predicted molar refractivity (Wildman–Crippen MR) is 94.4 cm³/mol. The van der Waals surface area contributed by atoms with Crippen molar-refractivity contribution in [1.29, 1.82) is 0 Å². The largest absolute Gasteiger partial charge is 0.456 e. The van der Waals surface area contributed by atoms with Crippen LogP contribution in [0.2, 0.25) is 0 Å². The van der Waals surface area contributed by atoms with Gasteiger partial charge in [-0.25, -0.2) is 0 Å². The molecule has 0 radical (unpaired) electrons. The van der Waals surface area contributed by atoms with Crippen LogP contribution in [-0.2, 0) is 27.4 Å². The van der Waals surface area contributed by atoms with Gasteiger partial charge in [-0.3, -0.25) is 19.0 Å². The Morgan fingerprint density at radius 3 is 2.48 bits per heavy atom. The molecule has 0 bridgehead atoms. The summed E-state index contributed by atoms with van der Waals surface area (Å²) in [6, 6.07) is 1.79. The van der Waals surface area contributed by atoms with Gasteiger partial charge in [0, 0.05) is 41.7 Å². The van der Waals surface area contributed by atoms with Crippen LogP contribution in [0.15, 0.2) is 16.2 Å². The fraction of sp³-hybridized carbons (Fsp3) is 0.471. The van der Waals surface area contributed by atoms with Gasteiger partial charge in [-0.2, -0.15) is 0 Å². The van der Waals surface area contributed by atoms with Crippen molar-refractivity contribution in [3.8, 4) is 0 Å². The minimum Gasteiger partial charge on any atom is -0.456 e. The van der Waals surface area contributed by atoms with Crippen LogP contribution in [-0.4, -0.2) is 41.2 Å². The van der Waals surface area contributed by atoms with Crippen molar-refractivity contribution in [2.75, 3.05) is 20.3 Å². The number of carbonyl (C=O) groups is 2. The van der Waals surface area contributed by atoms with Crippen molar-refractivity contribution >= 4 is 23.1 Å². The van der Waals surface area contributed by atoms with Gasteiger partial charge in [-0.1, -0.05) is 11.3 Å². The highest BCUT2D eigenvalue weighted by Crippen LogP contribution is 2.16. The third-order valence-corrected chi connectivity index (χ3v) is 4.90. The van der Waals surface area contributed by atoms with E-state index in [1.165, 1.54) is 4.57 Å². The van der Waals surface area contributed by atoms with Crippen LogP contribution in [0.3, 0.4) is 0 Å². The van der Waals surface area contributed by atoms with E-state index in [0.717, 1.165) is 22.7 Å². The highest BCUT2D eigenvalue weighted by atomic mass is 32.1. The third kappa shape index (κ3) is 4.46. The maximum absolute atomic E-state index is 12.4. The van der Waals surface area contributed by atoms with Gasteiger partial charge in [0.25, 0.3) is 0 Å². The third-order valence-electron chi connectivity index (χ3n) is 4.02. The molecule has 2 rings (SSSR count). The van der Waals surface area contributed by atoms with Crippen LogP contribution >= 0.6 is 11.3 Å². The smallest absolute Gasteiger partial charge is 0.326 e. The number of rotatable bonds is 8. The molecule has 0 N–H and O–H groups in total. The molecule has 2 aromatic rings. The monoisotopic (exact) mass is 366 g/mol. The quantitative estimate of drug-likeness (QED) is 0.525. The predicted octanol–water partition coefficient (Wildman–Crippen LogP) is 1.71. The second-order valence-corrected chi connectivity index (χ2v) is 6.56. The number of methoxy groups -OCH3 is 1. The molecule has 0 aliphatic carbocycles. The van der Waals surface area contributed by atoms with Gasteiger partial charge in [0.15, 0.2) is 6.61 Å². The summed E-state index contributed by atoms with van der Waals surface area (Å²) < 4.78 is 13.4. The molecule has 8 heteroatoms. The lowest BCUT2D eigenvalue weighted by atomic mass is 10.1. The molecular formula is C17H22N2O5S. The first kappa shape index (κ1) is 19.1. The second kappa shape index (κ2) is 8.26. The highest BCUT2D eigenvalue weighted by molar-refractivity contribution is 7.07. The minimum atomic E-state index is -0.606. The van der Waals surface area contributed by atoms with E-state index in [1.54, 1.807) is 25.5 Å². The molecule has 0 unspecified atom stereocenters. The lowest BCUT2D eigenvalue weighted by Crippen LogP contribution is -2.24. The fourth-order valence-electron chi connectivity index (χ4n) is 2.60.